The topological polar surface area (TPSA) is 26.3 Å². The minimum absolute atomic E-state index is 0.289. The Labute approximate surface area is 101 Å². The van der Waals surface area contributed by atoms with E-state index in [1.165, 1.54) is 0 Å². The molecule has 0 heterocycles. The van der Waals surface area contributed by atoms with E-state index in [9.17, 15) is 4.57 Å². The smallest absolute Gasteiger partial charge is 0.387 e. The van der Waals surface area contributed by atoms with Gasteiger partial charge in [0.05, 0.1) is 0 Å². The highest BCUT2D eigenvalue weighted by atomic mass is 35.7. The number of benzene rings is 1. The molecule has 7 heteroatoms. The van der Waals surface area contributed by atoms with Crippen LogP contribution in [-0.4, -0.2) is 3.53 Å². The maximum absolute atomic E-state index is 11.6. The van der Waals surface area contributed by atoms with Crippen molar-refractivity contribution < 1.29 is 9.09 Å². The summed E-state index contributed by atoms with van der Waals surface area (Å²) in [6.45, 7) is -3.83. The zero-order chi connectivity index (χ0) is 10.8. The molecule has 1 rings (SSSR count). The summed E-state index contributed by atoms with van der Waals surface area (Å²) < 4.78 is 14.3. The molecule has 0 saturated heterocycles. The van der Waals surface area contributed by atoms with E-state index in [1.54, 1.807) is 30.3 Å². The molecule has 0 aliphatic carbocycles. The van der Waals surface area contributed by atoms with E-state index in [2.05, 4.69) is 0 Å². The van der Waals surface area contributed by atoms with Gasteiger partial charge in [0.25, 0.3) is 3.53 Å². The molecule has 1 aromatic carbocycles. The Bertz CT molecular complexity index is 348. The normalized spacial score (nSPS) is 16.0. The number of rotatable bonds is 2. The molecular formula is C7H5Cl4O2P. The molecule has 0 fully saturated rings. The molecule has 0 aliphatic rings. The second kappa shape index (κ2) is 4.51. The van der Waals surface area contributed by atoms with Crippen LogP contribution >= 0.6 is 52.8 Å². The number of alkyl halides is 3. The van der Waals surface area contributed by atoms with Gasteiger partial charge in [0.15, 0.2) is 0 Å². The van der Waals surface area contributed by atoms with Gasteiger partial charge in [-0.05, 0) is 23.4 Å². The van der Waals surface area contributed by atoms with Gasteiger partial charge in [-0.2, -0.15) is 0 Å². The summed E-state index contributed by atoms with van der Waals surface area (Å²) in [5, 5.41) is 0. The minimum Gasteiger partial charge on any atom is -0.430 e. The molecule has 0 saturated carbocycles. The first-order valence-electron chi connectivity index (χ1n) is 3.44. The largest absolute Gasteiger partial charge is 0.430 e. The van der Waals surface area contributed by atoms with Crippen LogP contribution in [0.3, 0.4) is 0 Å². The summed E-state index contributed by atoms with van der Waals surface area (Å²) in [5.41, 5.74) is 0. The van der Waals surface area contributed by atoms with E-state index in [0.717, 1.165) is 0 Å². The highest BCUT2D eigenvalue weighted by Gasteiger charge is 2.45. The van der Waals surface area contributed by atoms with E-state index in [1.807, 2.05) is 0 Å². The molecule has 0 amide bonds. The van der Waals surface area contributed by atoms with Crippen LogP contribution in [0.25, 0.3) is 0 Å². The van der Waals surface area contributed by atoms with Crippen LogP contribution in [0.15, 0.2) is 30.3 Å². The van der Waals surface area contributed by atoms with Crippen LogP contribution < -0.4 is 4.52 Å². The highest BCUT2D eigenvalue weighted by molar-refractivity contribution is 7.90. The molecule has 1 aromatic rings. The fourth-order valence-corrected chi connectivity index (χ4v) is 1.71. The SMILES string of the molecule is O=P(Cl)(Oc1ccccc1)C(Cl)(Cl)Cl. The summed E-state index contributed by atoms with van der Waals surface area (Å²) in [5.74, 6) is 0.289. The van der Waals surface area contributed by atoms with Gasteiger partial charge < -0.3 is 4.52 Å². The quantitative estimate of drug-likeness (QED) is 0.577. The van der Waals surface area contributed by atoms with Crippen molar-refractivity contribution in [3.05, 3.63) is 30.3 Å². The van der Waals surface area contributed by atoms with Crippen LogP contribution in [0.1, 0.15) is 0 Å². The summed E-state index contributed by atoms with van der Waals surface area (Å²) >= 11 is 21.6. The highest BCUT2D eigenvalue weighted by Crippen LogP contribution is 2.68. The van der Waals surface area contributed by atoms with Crippen LogP contribution in [0, 0.1) is 0 Å². The molecule has 0 bridgehead atoms. The zero-order valence-corrected chi connectivity index (χ0v) is 10.6. The van der Waals surface area contributed by atoms with Crippen molar-refractivity contribution in [2.75, 3.05) is 0 Å². The van der Waals surface area contributed by atoms with Gasteiger partial charge in [0.1, 0.15) is 5.75 Å². The van der Waals surface area contributed by atoms with Crippen molar-refractivity contribution in [3.63, 3.8) is 0 Å². The van der Waals surface area contributed by atoms with Gasteiger partial charge in [0.2, 0.25) is 0 Å². The van der Waals surface area contributed by atoms with Crippen molar-refractivity contribution in [1.29, 1.82) is 0 Å². The summed E-state index contributed by atoms with van der Waals surface area (Å²) in [6, 6.07) is 8.26. The van der Waals surface area contributed by atoms with E-state index < -0.39 is 10.3 Å². The van der Waals surface area contributed by atoms with Crippen molar-refractivity contribution in [2.24, 2.45) is 0 Å². The summed E-state index contributed by atoms with van der Waals surface area (Å²) in [7, 11) is 0. The van der Waals surface area contributed by atoms with Crippen LogP contribution in [-0.2, 0) is 4.57 Å². The van der Waals surface area contributed by atoms with Gasteiger partial charge >= 0.3 is 6.72 Å². The molecule has 1 atom stereocenters. The average Bonchev–Trinajstić information content (AvgIpc) is 2.03. The molecule has 1 unspecified atom stereocenters. The summed E-state index contributed by atoms with van der Waals surface area (Å²) in [4.78, 5) is 0. The monoisotopic (exact) mass is 292 g/mol. The van der Waals surface area contributed by atoms with E-state index in [-0.39, 0.29) is 5.75 Å². The van der Waals surface area contributed by atoms with Crippen LogP contribution in [0.4, 0.5) is 0 Å². The molecule has 0 N–H and O–H groups in total. The van der Waals surface area contributed by atoms with Crippen molar-refractivity contribution in [3.8, 4) is 5.75 Å². The standard InChI is InChI=1S/C7H5Cl4O2P/c8-7(9,10)14(11,12)13-6-4-2-1-3-5-6/h1-5H. The van der Waals surface area contributed by atoms with E-state index in [4.69, 9.17) is 50.6 Å². The van der Waals surface area contributed by atoms with Crippen molar-refractivity contribution >= 4 is 52.8 Å². The molecule has 0 radical (unpaired) electrons. The maximum atomic E-state index is 11.6. The van der Waals surface area contributed by atoms with Crippen molar-refractivity contribution in [1.82, 2.24) is 0 Å². The Morgan fingerprint density at radius 1 is 1.14 bits per heavy atom. The lowest BCUT2D eigenvalue weighted by Gasteiger charge is -2.18. The Morgan fingerprint density at radius 3 is 2.07 bits per heavy atom. The van der Waals surface area contributed by atoms with Crippen LogP contribution in [0.2, 0.25) is 0 Å². The molecule has 78 valence electrons. The van der Waals surface area contributed by atoms with E-state index in [0.29, 0.717) is 0 Å². The third kappa shape index (κ3) is 3.22. The lowest BCUT2D eigenvalue weighted by molar-refractivity contribution is 0.498. The average molecular weight is 294 g/mol. The molecule has 2 nitrogen and oxygen atoms in total. The van der Waals surface area contributed by atoms with Crippen molar-refractivity contribution in [2.45, 2.75) is 3.53 Å². The Morgan fingerprint density at radius 2 is 1.64 bits per heavy atom. The fraction of sp³-hybridized carbons (Fsp3) is 0.143. The van der Waals surface area contributed by atoms with E-state index >= 15 is 0 Å². The van der Waals surface area contributed by atoms with Gasteiger partial charge in [-0.3, -0.25) is 4.57 Å². The van der Waals surface area contributed by atoms with Gasteiger partial charge in [-0.25, -0.2) is 0 Å². The number of halogens is 4. The Hall–Kier alpha value is 0.410. The van der Waals surface area contributed by atoms with Gasteiger partial charge in [-0.15, -0.1) is 0 Å². The Balaban J connectivity index is 2.85. The van der Waals surface area contributed by atoms with Gasteiger partial charge in [0, 0.05) is 0 Å². The lowest BCUT2D eigenvalue weighted by Crippen LogP contribution is -2.04. The molecular weight excluding hydrogens is 289 g/mol. The number of para-hydroxylation sites is 1. The first-order valence-corrected chi connectivity index (χ1v) is 7.10. The first-order chi connectivity index (χ1) is 6.33. The molecule has 14 heavy (non-hydrogen) atoms. The Kier molecular flexibility index (Phi) is 4.02. The zero-order valence-electron chi connectivity index (χ0n) is 6.66. The number of hydrogen-bond acceptors (Lipinski definition) is 2. The first kappa shape index (κ1) is 12.5. The predicted molar refractivity (Wildman–Crippen MR) is 60.8 cm³/mol. The molecule has 0 aromatic heterocycles. The molecule has 0 aliphatic heterocycles. The summed E-state index contributed by atoms with van der Waals surface area (Å²) in [6.07, 6.45) is 0. The lowest BCUT2D eigenvalue weighted by atomic mass is 10.3. The second-order valence-corrected chi connectivity index (χ2v) is 8.57. The number of hydrogen-bond donors (Lipinski definition) is 0. The minimum atomic E-state index is -3.83. The third-order valence-electron chi connectivity index (χ3n) is 1.27. The third-order valence-corrected chi connectivity index (χ3v) is 6.07. The molecule has 0 spiro atoms. The van der Waals surface area contributed by atoms with Crippen LogP contribution in [0.5, 0.6) is 5.75 Å². The predicted octanol–water partition coefficient (Wildman–Crippen LogP) is 4.83. The van der Waals surface area contributed by atoms with Gasteiger partial charge in [-0.1, -0.05) is 53.0 Å². The second-order valence-electron chi connectivity index (χ2n) is 2.35. The fourth-order valence-electron chi connectivity index (χ4n) is 0.669. The maximum Gasteiger partial charge on any atom is 0.387 e.